The largest absolute Gasteiger partial charge is 0.496 e. The van der Waals surface area contributed by atoms with E-state index in [4.69, 9.17) is 4.74 Å². The van der Waals surface area contributed by atoms with Crippen molar-refractivity contribution in [2.75, 3.05) is 7.11 Å². The molecule has 0 saturated heterocycles. The number of hydrogen-bond acceptors (Lipinski definition) is 3. The second-order valence-electron chi connectivity index (χ2n) is 7.57. The monoisotopic (exact) mass is 420 g/mol. The Labute approximate surface area is 188 Å². The highest BCUT2D eigenvalue weighted by Crippen LogP contribution is 2.40. The van der Waals surface area contributed by atoms with E-state index in [9.17, 15) is 9.59 Å². The molecule has 0 radical (unpaired) electrons. The lowest BCUT2D eigenvalue weighted by atomic mass is 9.73. The number of rotatable bonds is 8. The summed E-state index contributed by atoms with van der Waals surface area (Å²) < 4.78 is 5.65. The maximum atomic E-state index is 13.9. The van der Waals surface area contributed by atoms with Crippen molar-refractivity contribution in [1.29, 1.82) is 0 Å². The van der Waals surface area contributed by atoms with E-state index in [1.54, 1.807) is 31.4 Å². The molecular weight excluding hydrogens is 396 g/mol. The summed E-state index contributed by atoms with van der Waals surface area (Å²) in [6.45, 7) is 0. The second kappa shape index (κ2) is 9.88. The molecule has 158 valence electrons. The van der Waals surface area contributed by atoms with Crippen molar-refractivity contribution in [2.24, 2.45) is 5.92 Å². The van der Waals surface area contributed by atoms with Crippen LogP contribution in [0.1, 0.15) is 37.8 Å². The van der Waals surface area contributed by atoms with Crippen molar-refractivity contribution >= 4 is 11.6 Å². The summed E-state index contributed by atoms with van der Waals surface area (Å²) in [5.41, 5.74) is 2.71. The van der Waals surface area contributed by atoms with E-state index >= 15 is 0 Å². The minimum absolute atomic E-state index is 0.209. The van der Waals surface area contributed by atoms with E-state index in [1.165, 1.54) is 0 Å². The van der Waals surface area contributed by atoms with Crippen LogP contribution < -0.4 is 4.74 Å². The molecule has 0 aromatic heterocycles. The molecule has 4 aromatic rings. The Kier molecular flexibility index (Phi) is 6.57. The average Bonchev–Trinajstić information content (AvgIpc) is 2.88. The Morgan fingerprint density at radius 3 is 1.53 bits per heavy atom. The van der Waals surface area contributed by atoms with E-state index in [0.717, 1.165) is 11.1 Å². The molecule has 0 heterocycles. The molecule has 4 aromatic carbocycles. The fourth-order valence-electron chi connectivity index (χ4n) is 4.12. The molecule has 4 rings (SSSR count). The molecule has 0 spiro atoms. The first kappa shape index (κ1) is 21.3. The lowest BCUT2D eigenvalue weighted by Gasteiger charge is -2.28. The van der Waals surface area contributed by atoms with Crippen molar-refractivity contribution in [3.05, 3.63) is 138 Å². The predicted molar refractivity (Wildman–Crippen MR) is 126 cm³/mol. The molecule has 0 aliphatic rings. The van der Waals surface area contributed by atoms with Gasteiger partial charge in [-0.05, 0) is 11.6 Å². The van der Waals surface area contributed by atoms with Gasteiger partial charge in [0.1, 0.15) is 5.75 Å². The maximum absolute atomic E-state index is 13.9. The third kappa shape index (κ3) is 4.37. The highest BCUT2D eigenvalue weighted by molar-refractivity contribution is 6.17. The topological polar surface area (TPSA) is 43.4 Å². The Hall–Kier alpha value is -3.98. The molecule has 0 aliphatic heterocycles. The zero-order chi connectivity index (χ0) is 22.3. The quantitative estimate of drug-likeness (QED) is 0.251. The number of carbonyl (C=O) groups excluding carboxylic acids is 2. The van der Waals surface area contributed by atoms with Crippen LogP contribution >= 0.6 is 0 Å². The zero-order valence-corrected chi connectivity index (χ0v) is 17.8. The number of ketones is 2. The number of benzene rings is 4. The molecule has 0 bridgehead atoms. The lowest BCUT2D eigenvalue weighted by molar-refractivity contribution is 0.0792. The molecule has 1 unspecified atom stereocenters. The zero-order valence-electron chi connectivity index (χ0n) is 17.8. The fraction of sp³-hybridized carbons (Fsp3) is 0.103. The van der Waals surface area contributed by atoms with Crippen LogP contribution in [0.2, 0.25) is 0 Å². The number of Topliss-reactive ketones (excluding diaryl/α,β-unsaturated/α-hetero) is 2. The molecule has 32 heavy (non-hydrogen) atoms. The fourth-order valence-corrected chi connectivity index (χ4v) is 4.12. The van der Waals surface area contributed by atoms with Crippen LogP contribution in [0.5, 0.6) is 5.75 Å². The van der Waals surface area contributed by atoms with Crippen LogP contribution in [0.4, 0.5) is 0 Å². The van der Waals surface area contributed by atoms with E-state index in [-0.39, 0.29) is 11.6 Å². The van der Waals surface area contributed by atoms with Crippen molar-refractivity contribution in [3.63, 3.8) is 0 Å². The van der Waals surface area contributed by atoms with Crippen molar-refractivity contribution in [3.8, 4) is 5.75 Å². The first-order valence-corrected chi connectivity index (χ1v) is 10.6. The molecule has 1 atom stereocenters. The Bertz CT molecular complexity index is 1130. The van der Waals surface area contributed by atoms with Crippen LogP contribution in [0.15, 0.2) is 115 Å². The summed E-state index contributed by atoms with van der Waals surface area (Å²) >= 11 is 0. The number of carbonyl (C=O) groups is 2. The van der Waals surface area contributed by atoms with Crippen LogP contribution in [-0.4, -0.2) is 18.7 Å². The molecule has 0 saturated carbocycles. The number of ether oxygens (including phenoxy) is 1. The van der Waals surface area contributed by atoms with Gasteiger partial charge in [-0.25, -0.2) is 0 Å². The summed E-state index contributed by atoms with van der Waals surface area (Å²) in [7, 11) is 1.61. The van der Waals surface area contributed by atoms with Gasteiger partial charge in [-0.3, -0.25) is 9.59 Å². The van der Waals surface area contributed by atoms with Gasteiger partial charge in [0.25, 0.3) is 0 Å². The summed E-state index contributed by atoms with van der Waals surface area (Å²) in [5.74, 6) is -1.22. The van der Waals surface area contributed by atoms with E-state index in [2.05, 4.69) is 0 Å². The highest BCUT2D eigenvalue weighted by atomic mass is 16.5. The number of methoxy groups -OCH3 is 1. The van der Waals surface area contributed by atoms with Gasteiger partial charge < -0.3 is 4.74 Å². The molecular formula is C29H24O3. The third-order valence-electron chi connectivity index (χ3n) is 5.65. The molecule has 0 fully saturated rings. The molecule has 3 heteroatoms. The first-order chi connectivity index (χ1) is 15.7. The minimum Gasteiger partial charge on any atom is -0.496 e. The van der Waals surface area contributed by atoms with Crippen molar-refractivity contribution < 1.29 is 14.3 Å². The number of para-hydroxylation sites is 1. The Morgan fingerprint density at radius 1 is 0.594 bits per heavy atom. The Morgan fingerprint density at radius 2 is 1.03 bits per heavy atom. The normalized spacial score (nSPS) is 11.7. The Balaban J connectivity index is 1.94. The van der Waals surface area contributed by atoms with E-state index in [1.807, 2.05) is 91.0 Å². The van der Waals surface area contributed by atoms with Crippen LogP contribution in [-0.2, 0) is 0 Å². The minimum atomic E-state index is -0.946. The van der Waals surface area contributed by atoms with Crippen LogP contribution in [0, 0.1) is 5.92 Å². The standard InChI is InChI=1S/C29H24O3/c1-32-25-20-12-11-19-24(25)26(21-13-5-2-6-14-21)27(28(30)22-15-7-3-8-16-22)29(31)23-17-9-4-10-18-23/h2-20,26-27H,1H3. The highest BCUT2D eigenvalue weighted by Gasteiger charge is 2.38. The molecule has 0 amide bonds. The van der Waals surface area contributed by atoms with Gasteiger partial charge in [0.05, 0.1) is 13.0 Å². The van der Waals surface area contributed by atoms with Crippen molar-refractivity contribution in [2.45, 2.75) is 5.92 Å². The van der Waals surface area contributed by atoms with Crippen LogP contribution in [0.25, 0.3) is 0 Å². The van der Waals surface area contributed by atoms with Gasteiger partial charge >= 0.3 is 0 Å². The van der Waals surface area contributed by atoms with E-state index < -0.39 is 11.8 Å². The molecule has 0 aliphatic carbocycles. The third-order valence-corrected chi connectivity index (χ3v) is 5.65. The number of hydrogen-bond donors (Lipinski definition) is 0. The van der Waals surface area contributed by atoms with Gasteiger partial charge in [0, 0.05) is 22.6 Å². The predicted octanol–water partition coefficient (Wildman–Crippen LogP) is 6.21. The maximum Gasteiger partial charge on any atom is 0.174 e. The first-order valence-electron chi connectivity index (χ1n) is 10.6. The lowest BCUT2D eigenvalue weighted by Crippen LogP contribution is -2.31. The van der Waals surface area contributed by atoms with Crippen LogP contribution in [0.3, 0.4) is 0 Å². The van der Waals surface area contributed by atoms with Crippen molar-refractivity contribution in [1.82, 2.24) is 0 Å². The SMILES string of the molecule is COc1ccccc1C(c1ccccc1)C(C(=O)c1ccccc1)C(=O)c1ccccc1. The van der Waals surface area contributed by atoms with E-state index in [0.29, 0.717) is 16.9 Å². The smallest absolute Gasteiger partial charge is 0.174 e. The summed E-state index contributed by atoms with van der Waals surface area (Å²) in [5, 5.41) is 0. The summed E-state index contributed by atoms with van der Waals surface area (Å²) in [4.78, 5) is 27.8. The van der Waals surface area contributed by atoms with Gasteiger partial charge in [-0.15, -0.1) is 0 Å². The van der Waals surface area contributed by atoms with Gasteiger partial charge in [-0.2, -0.15) is 0 Å². The second-order valence-corrected chi connectivity index (χ2v) is 7.57. The van der Waals surface area contributed by atoms with Gasteiger partial charge in [-0.1, -0.05) is 109 Å². The molecule has 3 nitrogen and oxygen atoms in total. The molecule has 0 N–H and O–H groups in total. The average molecular weight is 421 g/mol. The van der Waals surface area contributed by atoms with Gasteiger partial charge in [0.15, 0.2) is 11.6 Å². The van der Waals surface area contributed by atoms with Gasteiger partial charge in [0.2, 0.25) is 0 Å². The summed E-state index contributed by atoms with van der Waals surface area (Å²) in [6.07, 6.45) is 0. The summed E-state index contributed by atoms with van der Waals surface area (Å²) in [6, 6.07) is 35.3.